The van der Waals surface area contributed by atoms with Crippen LogP contribution in [0.5, 0.6) is 0 Å². The maximum Gasteiger partial charge on any atom is 0.321 e. The van der Waals surface area contributed by atoms with Crippen LogP contribution in [-0.2, 0) is 12.1 Å². The number of fused-ring (bicyclic) bond motifs is 1. The maximum atomic E-state index is 13.4. The molecule has 10 nitrogen and oxygen atoms in total. The third-order valence-corrected chi connectivity index (χ3v) is 6.13. The normalized spacial score (nSPS) is 20.9. The molecule has 1 atom stereocenters. The van der Waals surface area contributed by atoms with E-state index in [0.717, 1.165) is 30.9 Å². The fourth-order valence-corrected chi connectivity index (χ4v) is 4.27. The summed E-state index contributed by atoms with van der Waals surface area (Å²) in [5.41, 5.74) is 1.31. The highest BCUT2D eigenvalue weighted by atomic mass is 16.2. The standard InChI is InChI=1S/C20H28N8O2/c1-5-26-8-9-27(13(2)11-26)19(30)28-12-14-16(20(28,3)4)24-25-17(14)23-18(29)15-10-21-6-7-22-15/h6-7,10,13H,5,8-9,11-12H2,1-4H3,(H2,23,24,25,29). The van der Waals surface area contributed by atoms with Gasteiger partial charge in [0.1, 0.15) is 5.69 Å². The predicted molar refractivity (Wildman–Crippen MR) is 111 cm³/mol. The summed E-state index contributed by atoms with van der Waals surface area (Å²) in [5.74, 6) is 0.0390. The molecule has 4 rings (SSSR count). The molecule has 4 heterocycles. The Morgan fingerprint density at radius 1 is 1.30 bits per heavy atom. The summed E-state index contributed by atoms with van der Waals surface area (Å²) in [7, 11) is 0. The molecule has 2 aromatic heterocycles. The van der Waals surface area contributed by atoms with Gasteiger partial charge in [-0.1, -0.05) is 6.92 Å². The van der Waals surface area contributed by atoms with Gasteiger partial charge in [0.25, 0.3) is 5.91 Å². The summed E-state index contributed by atoms with van der Waals surface area (Å²) in [6, 6.07) is 0.161. The Bertz CT molecular complexity index is 942. The number of rotatable bonds is 3. The van der Waals surface area contributed by atoms with E-state index >= 15 is 0 Å². The van der Waals surface area contributed by atoms with Gasteiger partial charge in [-0.25, -0.2) is 9.78 Å². The number of anilines is 1. The van der Waals surface area contributed by atoms with Gasteiger partial charge in [0.15, 0.2) is 5.82 Å². The topological polar surface area (TPSA) is 110 Å². The highest BCUT2D eigenvalue weighted by molar-refractivity contribution is 6.02. The van der Waals surface area contributed by atoms with E-state index in [-0.39, 0.29) is 23.7 Å². The summed E-state index contributed by atoms with van der Waals surface area (Å²) in [6.07, 6.45) is 4.38. The average molecular weight is 412 g/mol. The molecule has 10 heteroatoms. The number of carbonyl (C=O) groups is 2. The molecule has 0 saturated carbocycles. The summed E-state index contributed by atoms with van der Waals surface area (Å²) in [6.45, 7) is 12.1. The molecule has 2 aliphatic rings. The number of nitrogens with zero attached hydrogens (tertiary/aromatic N) is 6. The first-order chi connectivity index (χ1) is 14.3. The van der Waals surface area contributed by atoms with E-state index in [4.69, 9.17) is 0 Å². The molecule has 0 bridgehead atoms. The molecule has 0 spiro atoms. The van der Waals surface area contributed by atoms with Gasteiger partial charge in [0.05, 0.1) is 24.0 Å². The molecule has 0 radical (unpaired) electrons. The van der Waals surface area contributed by atoms with Crippen molar-refractivity contribution in [3.05, 3.63) is 35.5 Å². The molecule has 1 saturated heterocycles. The number of aromatic nitrogens is 4. The zero-order valence-corrected chi connectivity index (χ0v) is 17.8. The van der Waals surface area contributed by atoms with E-state index < -0.39 is 5.54 Å². The molecule has 1 unspecified atom stereocenters. The van der Waals surface area contributed by atoms with Crippen LogP contribution in [0.25, 0.3) is 0 Å². The minimum atomic E-state index is -0.559. The van der Waals surface area contributed by atoms with Crippen LogP contribution in [0.4, 0.5) is 10.6 Å². The lowest BCUT2D eigenvalue weighted by atomic mass is 10.0. The van der Waals surface area contributed by atoms with Crippen LogP contribution in [0.3, 0.4) is 0 Å². The van der Waals surface area contributed by atoms with E-state index in [1.165, 1.54) is 18.6 Å². The number of H-pyrrole nitrogens is 1. The molecule has 0 aromatic carbocycles. The van der Waals surface area contributed by atoms with Gasteiger partial charge < -0.3 is 15.1 Å². The van der Waals surface area contributed by atoms with Crippen molar-refractivity contribution in [1.82, 2.24) is 34.9 Å². The lowest BCUT2D eigenvalue weighted by molar-refractivity contribution is 0.0606. The molecular formula is C20H28N8O2. The van der Waals surface area contributed by atoms with Crippen molar-refractivity contribution >= 4 is 17.8 Å². The van der Waals surface area contributed by atoms with Crippen molar-refractivity contribution in [3.63, 3.8) is 0 Å². The van der Waals surface area contributed by atoms with Crippen molar-refractivity contribution in [3.8, 4) is 0 Å². The van der Waals surface area contributed by atoms with Crippen LogP contribution in [-0.4, -0.2) is 79.0 Å². The van der Waals surface area contributed by atoms with Crippen LogP contribution in [0, 0.1) is 0 Å². The molecule has 30 heavy (non-hydrogen) atoms. The van der Waals surface area contributed by atoms with Gasteiger partial charge in [0, 0.05) is 43.6 Å². The number of nitrogens with one attached hydrogen (secondary N) is 2. The monoisotopic (exact) mass is 412 g/mol. The summed E-state index contributed by atoms with van der Waals surface area (Å²) in [5, 5.41) is 10.1. The smallest absolute Gasteiger partial charge is 0.319 e. The molecule has 0 aliphatic carbocycles. The molecule has 2 aliphatic heterocycles. The van der Waals surface area contributed by atoms with E-state index in [1.807, 2.05) is 23.6 Å². The Kier molecular flexibility index (Phi) is 5.19. The number of amides is 3. The summed E-state index contributed by atoms with van der Waals surface area (Å²) < 4.78 is 0. The number of aromatic amines is 1. The van der Waals surface area contributed by atoms with Gasteiger partial charge in [-0.2, -0.15) is 5.10 Å². The first-order valence-corrected chi connectivity index (χ1v) is 10.3. The molecular weight excluding hydrogens is 384 g/mol. The van der Waals surface area contributed by atoms with Gasteiger partial charge in [-0.15, -0.1) is 0 Å². The highest BCUT2D eigenvalue weighted by Crippen LogP contribution is 2.41. The Hall–Kier alpha value is -3.01. The molecule has 1 fully saturated rings. The molecule has 160 valence electrons. The number of urea groups is 1. The summed E-state index contributed by atoms with van der Waals surface area (Å²) >= 11 is 0. The third kappa shape index (κ3) is 3.41. The fourth-order valence-electron chi connectivity index (χ4n) is 4.27. The van der Waals surface area contributed by atoms with Gasteiger partial charge in [0.2, 0.25) is 0 Å². The number of carbonyl (C=O) groups excluding carboxylic acids is 2. The van der Waals surface area contributed by atoms with Crippen LogP contribution in [0.1, 0.15) is 49.4 Å². The average Bonchev–Trinajstić information content (AvgIpc) is 3.26. The first kappa shape index (κ1) is 20.3. The van der Waals surface area contributed by atoms with Gasteiger partial charge >= 0.3 is 6.03 Å². The van der Waals surface area contributed by atoms with E-state index in [0.29, 0.717) is 18.9 Å². The number of hydrogen-bond acceptors (Lipinski definition) is 6. The van der Waals surface area contributed by atoms with Crippen molar-refractivity contribution in [1.29, 1.82) is 0 Å². The third-order valence-electron chi connectivity index (χ3n) is 6.13. The SMILES string of the molecule is CCN1CCN(C(=O)N2Cc3c(NC(=O)c4cnccn4)n[nH]c3C2(C)C)C(C)C1. The predicted octanol–water partition coefficient (Wildman–Crippen LogP) is 1.65. The lowest BCUT2D eigenvalue weighted by Gasteiger charge is -2.43. The van der Waals surface area contributed by atoms with Crippen LogP contribution < -0.4 is 5.32 Å². The Morgan fingerprint density at radius 2 is 2.10 bits per heavy atom. The number of likely N-dealkylation sites (N-methyl/N-ethyl adjacent to an activating group) is 1. The van der Waals surface area contributed by atoms with Crippen LogP contribution in [0.2, 0.25) is 0 Å². The molecule has 2 N–H and O–H groups in total. The fraction of sp³-hybridized carbons (Fsp3) is 0.550. The maximum absolute atomic E-state index is 13.4. The lowest BCUT2D eigenvalue weighted by Crippen LogP contribution is -2.58. The molecule has 3 amide bonds. The van der Waals surface area contributed by atoms with Crippen molar-refractivity contribution < 1.29 is 9.59 Å². The number of hydrogen-bond donors (Lipinski definition) is 2. The van der Waals surface area contributed by atoms with Gasteiger partial charge in [-0.3, -0.25) is 19.8 Å². The second kappa shape index (κ2) is 7.67. The Balaban J connectivity index is 1.52. The summed E-state index contributed by atoms with van der Waals surface area (Å²) in [4.78, 5) is 40.0. The van der Waals surface area contributed by atoms with Crippen molar-refractivity contribution in [2.75, 3.05) is 31.5 Å². The minimum Gasteiger partial charge on any atom is -0.319 e. The number of piperazine rings is 1. The second-order valence-electron chi connectivity index (χ2n) is 8.33. The Labute approximate surface area is 175 Å². The zero-order chi connectivity index (χ0) is 21.5. The van der Waals surface area contributed by atoms with Gasteiger partial charge in [-0.05, 0) is 27.3 Å². The second-order valence-corrected chi connectivity index (χ2v) is 8.33. The first-order valence-electron chi connectivity index (χ1n) is 10.3. The largest absolute Gasteiger partial charge is 0.321 e. The molecule has 2 aromatic rings. The van der Waals surface area contributed by atoms with Crippen molar-refractivity contribution in [2.45, 2.75) is 45.8 Å². The zero-order valence-electron chi connectivity index (χ0n) is 17.8. The van der Waals surface area contributed by atoms with Crippen LogP contribution in [0.15, 0.2) is 18.6 Å². The Morgan fingerprint density at radius 3 is 2.77 bits per heavy atom. The van der Waals surface area contributed by atoms with Crippen molar-refractivity contribution in [2.24, 2.45) is 0 Å². The highest BCUT2D eigenvalue weighted by Gasteiger charge is 2.46. The van der Waals surface area contributed by atoms with E-state index in [2.05, 4.69) is 44.2 Å². The quantitative estimate of drug-likeness (QED) is 0.793. The minimum absolute atomic E-state index is 0.0130. The van der Waals surface area contributed by atoms with Crippen LogP contribution >= 0.6 is 0 Å². The van der Waals surface area contributed by atoms with E-state index in [9.17, 15) is 9.59 Å². The van der Waals surface area contributed by atoms with E-state index in [1.54, 1.807) is 0 Å².